The van der Waals surface area contributed by atoms with Crippen LogP contribution in [0.5, 0.6) is 0 Å². The largest absolute Gasteiger partial charge is 0.392 e. The van der Waals surface area contributed by atoms with Crippen molar-refractivity contribution in [2.24, 2.45) is 5.92 Å². The van der Waals surface area contributed by atoms with Gasteiger partial charge in [0.25, 0.3) is 0 Å². The van der Waals surface area contributed by atoms with Crippen LogP contribution in [0.25, 0.3) is 5.65 Å². The Hall–Kier alpha value is -1.04. The van der Waals surface area contributed by atoms with E-state index in [1.165, 1.54) is 0 Å². The summed E-state index contributed by atoms with van der Waals surface area (Å²) >= 11 is 3.37. The zero-order valence-corrected chi connectivity index (χ0v) is 10.9. The highest BCUT2D eigenvalue weighted by atomic mass is 79.9. The minimum absolute atomic E-state index is 0.0243. The number of nitrogens with zero attached hydrogens (tertiary/aromatic N) is 2. The number of rotatable bonds is 0. The Balaban J connectivity index is 2.10. The lowest BCUT2D eigenvalue weighted by atomic mass is 9.89. The normalized spacial score (nSPS) is 20.1. The highest BCUT2D eigenvalue weighted by Crippen LogP contribution is 2.37. The van der Waals surface area contributed by atoms with Gasteiger partial charge in [0.05, 0.1) is 16.1 Å². The Morgan fingerprint density at radius 1 is 1.39 bits per heavy atom. The first-order valence-electron chi connectivity index (χ1n) is 5.68. The maximum Gasteiger partial charge on any atom is 0.392 e. The average molecular weight is 319 g/mol. The molecule has 2 aromatic heterocycles. The van der Waals surface area contributed by atoms with E-state index in [0.717, 1.165) is 10.2 Å². The molecule has 3 rings (SSSR count). The molecule has 0 aromatic carbocycles. The number of alkyl halides is 3. The molecular weight excluding hydrogens is 309 g/mol. The Morgan fingerprint density at radius 2 is 2.17 bits per heavy atom. The third-order valence-corrected chi connectivity index (χ3v) is 4.04. The zero-order valence-electron chi connectivity index (χ0n) is 9.34. The maximum atomic E-state index is 12.8. The number of hydrogen-bond donors (Lipinski definition) is 0. The Morgan fingerprint density at radius 3 is 2.89 bits per heavy atom. The van der Waals surface area contributed by atoms with Crippen LogP contribution in [0.1, 0.15) is 17.8 Å². The molecule has 2 nitrogen and oxygen atoms in total. The summed E-state index contributed by atoms with van der Waals surface area (Å²) in [6, 6.07) is 3.64. The van der Waals surface area contributed by atoms with Crippen LogP contribution in [0.2, 0.25) is 0 Å². The molecular formula is C12H10BrF3N2. The van der Waals surface area contributed by atoms with E-state index >= 15 is 0 Å². The van der Waals surface area contributed by atoms with Crippen molar-refractivity contribution in [1.29, 1.82) is 0 Å². The van der Waals surface area contributed by atoms with E-state index in [2.05, 4.69) is 20.9 Å². The lowest BCUT2D eigenvalue weighted by Gasteiger charge is -2.24. The first-order chi connectivity index (χ1) is 8.47. The third-order valence-electron chi connectivity index (χ3n) is 3.42. The van der Waals surface area contributed by atoms with Gasteiger partial charge >= 0.3 is 6.18 Å². The fourth-order valence-electron chi connectivity index (χ4n) is 2.47. The standard InChI is InChI=1S/C12H10BrF3N2/c13-8-2-1-5-18-10-6-7(12(14,15)16)3-4-9(10)17-11(8)18/h1-2,5,7H,3-4,6H2. The maximum absolute atomic E-state index is 12.8. The predicted octanol–water partition coefficient (Wildman–Crippen LogP) is 3.76. The van der Waals surface area contributed by atoms with Gasteiger partial charge in [-0.15, -0.1) is 0 Å². The van der Waals surface area contributed by atoms with E-state index in [-0.39, 0.29) is 12.8 Å². The SMILES string of the molecule is FC(F)(F)C1CCc2nc3c(Br)cccn3c2C1. The number of pyridine rings is 1. The summed E-state index contributed by atoms with van der Waals surface area (Å²) in [5.41, 5.74) is 2.19. The number of hydrogen-bond acceptors (Lipinski definition) is 1. The molecule has 6 heteroatoms. The van der Waals surface area contributed by atoms with E-state index < -0.39 is 12.1 Å². The first kappa shape index (κ1) is 12.0. The van der Waals surface area contributed by atoms with Crippen molar-refractivity contribution >= 4 is 21.6 Å². The van der Waals surface area contributed by atoms with Crippen LogP contribution in [0.15, 0.2) is 22.8 Å². The average Bonchev–Trinajstić information content (AvgIpc) is 2.67. The van der Waals surface area contributed by atoms with Gasteiger partial charge in [0, 0.05) is 18.3 Å². The van der Waals surface area contributed by atoms with Crippen molar-refractivity contribution in [2.75, 3.05) is 0 Å². The third kappa shape index (κ3) is 1.83. The Bertz CT molecular complexity index is 603. The van der Waals surface area contributed by atoms with Gasteiger partial charge in [-0.1, -0.05) is 0 Å². The van der Waals surface area contributed by atoms with Crippen molar-refractivity contribution in [2.45, 2.75) is 25.4 Å². The molecule has 0 spiro atoms. The second kappa shape index (κ2) is 3.98. The van der Waals surface area contributed by atoms with Crippen LogP contribution in [0.3, 0.4) is 0 Å². The van der Waals surface area contributed by atoms with Gasteiger partial charge in [-0.05, 0) is 40.9 Å². The van der Waals surface area contributed by atoms with Gasteiger partial charge < -0.3 is 4.40 Å². The summed E-state index contributed by atoms with van der Waals surface area (Å²) in [5.74, 6) is -1.25. The molecule has 96 valence electrons. The smallest absolute Gasteiger partial charge is 0.303 e. The summed E-state index contributed by atoms with van der Waals surface area (Å²) in [5, 5.41) is 0. The Labute approximate surface area is 110 Å². The predicted molar refractivity (Wildman–Crippen MR) is 64.5 cm³/mol. The zero-order chi connectivity index (χ0) is 12.9. The molecule has 0 aliphatic heterocycles. The number of aromatic nitrogens is 2. The number of fused-ring (bicyclic) bond motifs is 3. The van der Waals surface area contributed by atoms with Gasteiger partial charge in [0.15, 0.2) is 5.65 Å². The molecule has 18 heavy (non-hydrogen) atoms. The van der Waals surface area contributed by atoms with Crippen molar-refractivity contribution in [3.8, 4) is 0 Å². The second-order valence-electron chi connectivity index (χ2n) is 4.54. The summed E-state index contributed by atoms with van der Waals surface area (Å²) < 4.78 is 40.9. The molecule has 0 saturated heterocycles. The second-order valence-corrected chi connectivity index (χ2v) is 5.39. The summed E-state index contributed by atoms with van der Waals surface area (Å²) in [7, 11) is 0. The molecule has 0 fully saturated rings. The van der Waals surface area contributed by atoms with Crippen LogP contribution < -0.4 is 0 Å². The van der Waals surface area contributed by atoms with E-state index in [1.54, 1.807) is 16.7 Å². The lowest BCUT2D eigenvalue weighted by Crippen LogP contribution is -2.29. The van der Waals surface area contributed by atoms with Crippen molar-refractivity contribution in [3.05, 3.63) is 34.2 Å². The number of aryl methyl sites for hydroxylation is 1. The van der Waals surface area contributed by atoms with Crippen LogP contribution in [0, 0.1) is 5.92 Å². The van der Waals surface area contributed by atoms with Crippen molar-refractivity contribution < 1.29 is 13.2 Å². The Kier molecular flexibility index (Phi) is 2.66. The van der Waals surface area contributed by atoms with E-state index in [9.17, 15) is 13.2 Å². The summed E-state index contributed by atoms with van der Waals surface area (Å²) in [4.78, 5) is 4.42. The number of imidazole rings is 1. The monoisotopic (exact) mass is 318 g/mol. The molecule has 0 radical (unpaired) electrons. The van der Waals surface area contributed by atoms with E-state index in [4.69, 9.17) is 0 Å². The minimum Gasteiger partial charge on any atom is -0.303 e. The molecule has 1 unspecified atom stereocenters. The van der Waals surface area contributed by atoms with Crippen LogP contribution in [-0.4, -0.2) is 15.6 Å². The van der Waals surface area contributed by atoms with Crippen LogP contribution >= 0.6 is 15.9 Å². The molecule has 0 N–H and O–H groups in total. The minimum atomic E-state index is -4.12. The summed E-state index contributed by atoms with van der Waals surface area (Å²) in [6.07, 6.45) is -1.79. The molecule has 2 aromatic rings. The number of halogens is 4. The quantitative estimate of drug-likeness (QED) is 0.723. The molecule has 0 saturated carbocycles. The van der Waals surface area contributed by atoms with Crippen molar-refractivity contribution in [1.82, 2.24) is 9.38 Å². The molecule has 1 aliphatic carbocycles. The topological polar surface area (TPSA) is 17.3 Å². The molecule has 0 amide bonds. The fraction of sp³-hybridized carbons (Fsp3) is 0.417. The lowest BCUT2D eigenvalue weighted by molar-refractivity contribution is -0.177. The molecule has 1 atom stereocenters. The van der Waals surface area contributed by atoms with Gasteiger partial charge in [0.2, 0.25) is 0 Å². The molecule has 0 bridgehead atoms. The van der Waals surface area contributed by atoms with E-state index in [0.29, 0.717) is 17.8 Å². The van der Waals surface area contributed by atoms with Gasteiger partial charge in [-0.2, -0.15) is 13.2 Å². The fourth-order valence-corrected chi connectivity index (χ4v) is 2.90. The molecule has 1 aliphatic rings. The first-order valence-corrected chi connectivity index (χ1v) is 6.47. The highest BCUT2D eigenvalue weighted by Gasteiger charge is 2.42. The molecule has 2 heterocycles. The summed E-state index contributed by atoms with van der Waals surface area (Å²) in [6.45, 7) is 0. The highest BCUT2D eigenvalue weighted by molar-refractivity contribution is 9.10. The van der Waals surface area contributed by atoms with Gasteiger partial charge in [0.1, 0.15) is 0 Å². The van der Waals surface area contributed by atoms with Crippen LogP contribution in [-0.2, 0) is 12.8 Å². The van der Waals surface area contributed by atoms with Crippen LogP contribution in [0.4, 0.5) is 13.2 Å². The van der Waals surface area contributed by atoms with Gasteiger partial charge in [-0.25, -0.2) is 4.98 Å². The van der Waals surface area contributed by atoms with Gasteiger partial charge in [-0.3, -0.25) is 0 Å². The van der Waals surface area contributed by atoms with E-state index in [1.807, 2.05) is 6.07 Å². The van der Waals surface area contributed by atoms with Crippen molar-refractivity contribution in [3.63, 3.8) is 0 Å².